The maximum atomic E-state index is 12.6. The van der Waals surface area contributed by atoms with E-state index in [2.05, 4.69) is 22.4 Å². The Balaban J connectivity index is 1.61. The first kappa shape index (κ1) is 18.9. The van der Waals surface area contributed by atoms with E-state index in [-0.39, 0.29) is 18.5 Å². The van der Waals surface area contributed by atoms with Gasteiger partial charge in [-0.2, -0.15) is 4.98 Å². The van der Waals surface area contributed by atoms with Crippen LogP contribution in [0.5, 0.6) is 0 Å². The molecule has 0 radical (unpaired) electrons. The van der Waals surface area contributed by atoms with Crippen LogP contribution >= 0.6 is 0 Å². The molecule has 2 aromatic rings. The van der Waals surface area contributed by atoms with Crippen molar-refractivity contribution < 1.29 is 14.1 Å². The minimum absolute atomic E-state index is 0.00555. The Labute approximate surface area is 158 Å². The molecular formula is C19H25N5O3. The molecule has 0 aliphatic carbocycles. The molecule has 3 amide bonds. The summed E-state index contributed by atoms with van der Waals surface area (Å²) >= 11 is 0. The summed E-state index contributed by atoms with van der Waals surface area (Å²) in [7, 11) is 1.78. The highest BCUT2D eigenvalue weighted by molar-refractivity contribution is 5.88. The molecule has 8 heteroatoms. The van der Waals surface area contributed by atoms with Crippen LogP contribution in [0.3, 0.4) is 0 Å². The Kier molecular flexibility index (Phi) is 6.05. The normalized spacial score (nSPS) is 17.3. The summed E-state index contributed by atoms with van der Waals surface area (Å²) in [6.07, 6.45) is 2.55. The molecule has 0 saturated carbocycles. The fraction of sp³-hybridized carbons (Fsp3) is 0.474. The maximum Gasteiger partial charge on any atom is 0.318 e. The monoisotopic (exact) mass is 371 g/mol. The van der Waals surface area contributed by atoms with Crippen molar-refractivity contribution in [3.63, 3.8) is 0 Å². The Bertz CT molecular complexity index is 777. The molecular weight excluding hydrogens is 346 g/mol. The molecule has 3 rings (SSSR count). The highest BCUT2D eigenvalue weighted by atomic mass is 16.5. The molecule has 1 saturated heterocycles. The molecule has 2 heterocycles. The van der Waals surface area contributed by atoms with Crippen LogP contribution in [-0.4, -0.2) is 58.1 Å². The molecule has 8 nitrogen and oxygen atoms in total. The van der Waals surface area contributed by atoms with E-state index in [4.69, 9.17) is 4.52 Å². The van der Waals surface area contributed by atoms with Crippen LogP contribution in [0.1, 0.15) is 32.1 Å². The van der Waals surface area contributed by atoms with Crippen molar-refractivity contribution in [3.8, 4) is 11.4 Å². The van der Waals surface area contributed by atoms with Gasteiger partial charge in [0.15, 0.2) is 0 Å². The molecule has 1 atom stereocenters. The summed E-state index contributed by atoms with van der Waals surface area (Å²) in [6.45, 7) is 3.25. The van der Waals surface area contributed by atoms with Gasteiger partial charge in [0.1, 0.15) is 6.04 Å². The maximum absolute atomic E-state index is 12.6. The van der Waals surface area contributed by atoms with E-state index in [9.17, 15) is 9.59 Å². The summed E-state index contributed by atoms with van der Waals surface area (Å²) in [5.41, 5.74) is 0.850. The molecule has 0 bridgehead atoms. The predicted molar refractivity (Wildman–Crippen MR) is 99.6 cm³/mol. The number of benzene rings is 1. The Morgan fingerprint density at radius 3 is 2.81 bits per heavy atom. The number of urea groups is 1. The first-order valence-electron chi connectivity index (χ1n) is 9.27. The zero-order valence-electron chi connectivity index (χ0n) is 15.7. The number of hydrogen-bond acceptors (Lipinski definition) is 5. The van der Waals surface area contributed by atoms with Gasteiger partial charge in [0.2, 0.25) is 17.6 Å². The number of unbranched alkanes of at least 4 members (excludes halogenated alkanes) is 1. The summed E-state index contributed by atoms with van der Waals surface area (Å²) < 4.78 is 5.22. The fourth-order valence-corrected chi connectivity index (χ4v) is 3.12. The SMILES string of the molecule is CCCCC1C(=O)N(C)CCN1C(=O)NCc1nc(-c2ccccc2)no1. The highest BCUT2D eigenvalue weighted by Gasteiger charge is 2.35. The van der Waals surface area contributed by atoms with Gasteiger partial charge >= 0.3 is 6.03 Å². The second-order valence-corrected chi connectivity index (χ2v) is 6.65. The van der Waals surface area contributed by atoms with Gasteiger partial charge in [-0.1, -0.05) is 55.3 Å². The minimum atomic E-state index is -0.411. The van der Waals surface area contributed by atoms with Crippen molar-refractivity contribution in [1.82, 2.24) is 25.3 Å². The van der Waals surface area contributed by atoms with E-state index >= 15 is 0 Å². The molecule has 27 heavy (non-hydrogen) atoms. The average molecular weight is 371 g/mol. The summed E-state index contributed by atoms with van der Waals surface area (Å²) in [6, 6.07) is 8.80. The van der Waals surface area contributed by atoms with Crippen LogP contribution in [0.2, 0.25) is 0 Å². The molecule has 1 aliphatic heterocycles. The molecule has 0 spiro atoms. The standard InChI is InChI=1S/C19H25N5O3/c1-3-4-10-15-18(25)23(2)11-12-24(15)19(26)20-13-16-21-17(22-27-16)14-8-6-5-7-9-14/h5-9,15H,3-4,10-13H2,1-2H3,(H,20,26). The number of nitrogens with one attached hydrogen (secondary N) is 1. The van der Waals surface area contributed by atoms with Gasteiger partial charge in [0.25, 0.3) is 0 Å². The molecule has 1 aliphatic rings. The number of aromatic nitrogens is 2. The quantitative estimate of drug-likeness (QED) is 0.841. The van der Waals surface area contributed by atoms with E-state index in [1.165, 1.54) is 0 Å². The Morgan fingerprint density at radius 2 is 2.07 bits per heavy atom. The number of likely N-dealkylation sites (N-methyl/N-ethyl adjacent to an activating group) is 1. The molecule has 1 fully saturated rings. The van der Waals surface area contributed by atoms with Gasteiger partial charge in [-0.25, -0.2) is 4.79 Å². The van der Waals surface area contributed by atoms with Crippen molar-refractivity contribution in [2.75, 3.05) is 20.1 Å². The Hall–Kier alpha value is -2.90. The van der Waals surface area contributed by atoms with E-state index < -0.39 is 6.04 Å². The predicted octanol–water partition coefficient (Wildman–Crippen LogP) is 2.28. The van der Waals surface area contributed by atoms with Gasteiger partial charge in [-0.15, -0.1) is 0 Å². The number of piperazine rings is 1. The topological polar surface area (TPSA) is 91.6 Å². The average Bonchev–Trinajstić information content (AvgIpc) is 3.17. The summed E-state index contributed by atoms with van der Waals surface area (Å²) in [5, 5.41) is 6.74. The van der Waals surface area contributed by atoms with Gasteiger partial charge in [0, 0.05) is 25.7 Å². The summed E-state index contributed by atoms with van der Waals surface area (Å²) in [5.74, 6) is 0.803. The fourth-order valence-electron chi connectivity index (χ4n) is 3.12. The zero-order chi connectivity index (χ0) is 19.2. The Morgan fingerprint density at radius 1 is 1.30 bits per heavy atom. The minimum Gasteiger partial charge on any atom is -0.342 e. The van der Waals surface area contributed by atoms with Crippen molar-refractivity contribution in [1.29, 1.82) is 0 Å². The first-order valence-corrected chi connectivity index (χ1v) is 9.27. The lowest BCUT2D eigenvalue weighted by Gasteiger charge is -2.39. The van der Waals surface area contributed by atoms with E-state index in [1.54, 1.807) is 16.8 Å². The smallest absolute Gasteiger partial charge is 0.318 e. The zero-order valence-corrected chi connectivity index (χ0v) is 15.7. The van der Waals surface area contributed by atoms with Gasteiger partial charge in [-0.05, 0) is 6.42 Å². The third kappa shape index (κ3) is 4.45. The lowest BCUT2D eigenvalue weighted by molar-refractivity contribution is -0.138. The van der Waals surface area contributed by atoms with Crippen molar-refractivity contribution in [3.05, 3.63) is 36.2 Å². The first-order chi connectivity index (χ1) is 13.1. The van der Waals surface area contributed by atoms with Gasteiger partial charge in [-0.3, -0.25) is 4.79 Å². The second kappa shape index (κ2) is 8.66. The molecule has 1 aromatic heterocycles. The largest absolute Gasteiger partial charge is 0.342 e. The molecule has 1 unspecified atom stereocenters. The highest BCUT2D eigenvalue weighted by Crippen LogP contribution is 2.17. The van der Waals surface area contributed by atoms with Crippen LogP contribution in [0.4, 0.5) is 4.79 Å². The van der Waals surface area contributed by atoms with E-state index in [0.717, 1.165) is 18.4 Å². The lowest BCUT2D eigenvalue weighted by Crippen LogP contribution is -2.59. The van der Waals surface area contributed by atoms with Crippen LogP contribution < -0.4 is 5.32 Å². The molecule has 1 N–H and O–H groups in total. The van der Waals surface area contributed by atoms with E-state index in [1.807, 2.05) is 30.3 Å². The number of carbonyl (C=O) groups is 2. The van der Waals surface area contributed by atoms with E-state index in [0.29, 0.717) is 31.2 Å². The van der Waals surface area contributed by atoms with Gasteiger partial charge in [0.05, 0.1) is 6.54 Å². The van der Waals surface area contributed by atoms with Gasteiger partial charge < -0.3 is 19.6 Å². The number of rotatable bonds is 6. The van der Waals surface area contributed by atoms with Crippen LogP contribution in [0, 0.1) is 0 Å². The van der Waals surface area contributed by atoms with Crippen molar-refractivity contribution >= 4 is 11.9 Å². The molecule has 1 aromatic carbocycles. The number of hydrogen-bond donors (Lipinski definition) is 1. The number of amides is 3. The van der Waals surface area contributed by atoms with Crippen molar-refractivity contribution in [2.45, 2.75) is 38.8 Å². The third-order valence-electron chi connectivity index (χ3n) is 4.70. The van der Waals surface area contributed by atoms with Crippen molar-refractivity contribution in [2.24, 2.45) is 0 Å². The summed E-state index contributed by atoms with van der Waals surface area (Å²) in [4.78, 5) is 32.7. The third-order valence-corrected chi connectivity index (χ3v) is 4.70. The van der Waals surface area contributed by atoms with Crippen LogP contribution in [-0.2, 0) is 11.3 Å². The lowest BCUT2D eigenvalue weighted by atomic mass is 10.0. The van der Waals surface area contributed by atoms with Crippen LogP contribution in [0.25, 0.3) is 11.4 Å². The number of carbonyl (C=O) groups excluding carboxylic acids is 2. The second-order valence-electron chi connectivity index (χ2n) is 6.65. The van der Waals surface area contributed by atoms with Crippen LogP contribution in [0.15, 0.2) is 34.9 Å². The number of nitrogens with zero attached hydrogens (tertiary/aromatic N) is 4. The molecule has 144 valence electrons.